The standard InChI is InChI=1S/C10H21N/c1-6-7-8-11(9(2)3)10(4)5/h6-7,9-10H,8H2,1-5H3/b7-6+. The molecule has 66 valence electrons. The molecule has 1 nitrogen and oxygen atoms in total. The van der Waals surface area contributed by atoms with Gasteiger partial charge in [-0.2, -0.15) is 0 Å². The van der Waals surface area contributed by atoms with E-state index in [1.54, 1.807) is 0 Å². The predicted octanol–water partition coefficient (Wildman–Crippen LogP) is 2.68. The highest BCUT2D eigenvalue weighted by Crippen LogP contribution is 2.03. The lowest BCUT2D eigenvalue weighted by molar-refractivity contribution is 0.196. The molecule has 0 saturated heterocycles. The molecule has 0 aliphatic carbocycles. The zero-order valence-corrected chi connectivity index (χ0v) is 8.46. The van der Waals surface area contributed by atoms with Crippen LogP contribution in [-0.4, -0.2) is 23.5 Å². The maximum atomic E-state index is 2.46. The first-order valence-electron chi connectivity index (χ1n) is 4.46. The molecule has 0 atom stereocenters. The third kappa shape index (κ3) is 4.20. The van der Waals surface area contributed by atoms with Crippen LogP contribution in [0, 0.1) is 0 Å². The van der Waals surface area contributed by atoms with Crippen LogP contribution in [0.4, 0.5) is 0 Å². The minimum atomic E-state index is 0.645. The molecule has 0 aromatic carbocycles. The third-order valence-electron chi connectivity index (χ3n) is 1.88. The highest BCUT2D eigenvalue weighted by atomic mass is 15.2. The van der Waals surface area contributed by atoms with Crippen molar-refractivity contribution in [2.75, 3.05) is 6.54 Å². The van der Waals surface area contributed by atoms with Crippen LogP contribution >= 0.6 is 0 Å². The maximum absolute atomic E-state index is 2.46. The van der Waals surface area contributed by atoms with Gasteiger partial charge in [0.05, 0.1) is 0 Å². The van der Waals surface area contributed by atoms with Crippen molar-refractivity contribution in [3.8, 4) is 0 Å². The van der Waals surface area contributed by atoms with Crippen LogP contribution in [0.25, 0.3) is 0 Å². The van der Waals surface area contributed by atoms with E-state index in [4.69, 9.17) is 0 Å². The molecule has 0 aliphatic rings. The first kappa shape index (κ1) is 10.7. The summed E-state index contributed by atoms with van der Waals surface area (Å²) in [5.41, 5.74) is 0. The molecule has 1 heteroatoms. The van der Waals surface area contributed by atoms with Gasteiger partial charge in [0.15, 0.2) is 0 Å². The molecule has 0 spiro atoms. The molecule has 0 bridgehead atoms. The van der Waals surface area contributed by atoms with Crippen molar-refractivity contribution in [1.82, 2.24) is 4.90 Å². The number of rotatable bonds is 4. The molecule has 0 amide bonds. The summed E-state index contributed by atoms with van der Waals surface area (Å²) >= 11 is 0. The van der Waals surface area contributed by atoms with Gasteiger partial charge >= 0.3 is 0 Å². The summed E-state index contributed by atoms with van der Waals surface area (Å²) in [5, 5.41) is 0. The van der Waals surface area contributed by atoms with E-state index in [0.717, 1.165) is 6.54 Å². The normalized spacial score (nSPS) is 12.7. The second kappa shape index (κ2) is 5.36. The Morgan fingerprint density at radius 2 is 1.55 bits per heavy atom. The Morgan fingerprint density at radius 3 is 1.82 bits per heavy atom. The minimum Gasteiger partial charge on any atom is -0.295 e. The molecule has 0 fully saturated rings. The molecule has 0 N–H and O–H groups in total. The summed E-state index contributed by atoms with van der Waals surface area (Å²) in [7, 11) is 0. The first-order valence-corrected chi connectivity index (χ1v) is 4.46. The van der Waals surface area contributed by atoms with Gasteiger partial charge in [-0.15, -0.1) is 0 Å². The molecule has 0 rings (SSSR count). The third-order valence-corrected chi connectivity index (χ3v) is 1.88. The van der Waals surface area contributed by atoms with Crippen molar-refractivity contribution in [1.29, 1.82) is 0 Å². The number of hydrogen-bond acceptors (Lipinski definition) is 1. The molecular weight excluding hydrogens is 134 g/mol. The van der Waals surface area contributed by atoms with Gasteiger partial charge in [0.1, 0.15) is 0 Å². The summed E-state index contributed by atoms with van der Waals surface area (Å²) in [6, 6.07) is 1.29. The lowest BCUT2D eigenvalue weighted by Gasteiger charge is -2.29. The molecule has 0 aromatic rings. The molecule has 0 aromatic heterocycles. The lowest BCUT2D eigenvalue weighted by atomic mass is 10.2. The van der Waals surface area contributed by atoms with E-state index < -0.39 is 0 Å². The van der Waals surface area contributed by atoms with Crippen molar-refractivity contribution in [2.24, 2.45) is 0 Å². The van der Waals surface area contributed by atoms with Crippen molar-refractivity contribution in [3.63, 3.8) is 0 Å². The van der Waals surface area contributed by atoms with Gasteiger partial charge in [-0.1, -0.05) is 12.2 Å². The van der Waals surface area contributed by atoms with Crippen LogP contribution in [0.3, 0.4) is 0 Å². The van der Waals surface area contributed by atoms with Gasteiger partial charge in [-0.05, 0) is 34.6 Å². The van der Waals surface area contributed by atoms with Gasteiger partial charge in [0.25, 0.3) is 0 Å². The number of hydrogen-bond donors (Lipinski definition) is 0. The van der Waals surface area contributed by atoms with Gasteiger partial charge in [0, 0.05) is 18.6 Å². The second-order valence-corrected chi connectivity index (χ2v) is 3.45. The van der Waals surface area contributed by atoms with Gasteiger partial charge in [-0.3, -0.25) is 4.90 Å². The predicted molar refractivity (Wildman–Crippen MR) is 51.8 cm³/mol. The second-order valence-electron chi connectivity index (χ2n) is 3.45. The Morgan fingerprint density at radius 1 is 1.09 bits per heavy atom. The van der Waals surface area contributed by atoms with Crippen molar-refractivity contribution >= 4 is 0 Å². The van der Waals surface area contributed by atoms with Crippen LogP contribution < -0.4 is 0 Å². The fourth-order valence-electron chi connectivity index (χ4n) is 1.25. The van der Waals surface area contributed by atoms with E-state index in [0.29, 0.717) is 12.1 Å². The monoisotopic (exact) mass is 155 g/mol. The molecule has 11 heavy (non-hydrogen) atoms. The van der Waals surface area contributed by atoms with Crippen molar-refractivity contribution < 1.29 is 0 Å². The average Bonchev–Trinajstić information content (AvgIpc) is 1.87. The van der Waals surface area contributed by atoms with Crippen LogP contribution in [0.5, 0.6) is 0 Å². The van der Waals surface area contributed by atoms with Gasteiger partial charge in [0.2, 0.25) is 0 Å². The SMILES string of the molecule is C/C=C/CN(C(C)C)C(C)C. The van der Waals surface area contributed by atoms with Crippen molar-refractivity contribution in [2.45, 2.75) is 46.7 Å². The van der Waals surface area contributed by atoms with Crippen LogP contribution in [0.2, 0.25) is 0 Å². The largest absolute Gasteiger partial charge is 0.295 e. The first-order chi connectivity index (χ1) is 5.09. The van der Waals surface area contributed by atoms with E-state index >= 15 is 0 Å². The Balaban J connectivity index is 3.89. The van der Waals surface area contributed by atoms with Crippen LogP contribution in [0.15, 0.2) is 12.2 Å². The Bertz CT molecular complexity index is 106. The topological polar surface area (TPSA) is 3.24 Å². The quantitative estimate of drug-likeness (QED) is 0.564. The summed E-state index contributed by atoms with van der Waals surface area (Å²) < 4.78 is 0. The maximum Gasteiger partial charge on any atom is 0.0168 e. The minimum absolute atomic E-state index is 0.645. The van der Waals surface area contributed by atoms with E-state index in [2.05, 4.69) is 51.7 Å². The summed E-state index contributed by atoms with van der Waals surface area (Å²) in [6.45, 7) is 12.1. The smallest absolute Gasteiger partial charge is 0.0168 e. The Hall–Kier alpha value is -0.300. The van der Waals surface area contributed by atoms with Gasteiger partial charge in [-0.25, -0.2) is 0 Å². The number of nitrogens with zero attached hydrogens (tertiary/aromatic N) is 1. The molecule has 0 saturated carbocycles. The molecular formula is C10H21N. The summed E-state index contributed by atoms with van der Waals surface area (Å²) in [5.74, 6) is 0. The van der Waals surface area contributed by atoms with Crippen molar-refractivity contribution in [3.05, 3.63) is 12.2 Å². The van der Waals surface area contributed by atoms with E-state index in [-0.39, 0.29) is 0 Å². The zero-order valence-electron chi connectivity index (χ0n) is 8.46. The van der Waals surface area contributed by atoms with E-state index in [1.165, 1.54) is 0 Å². The number of allylic oxidation sites excluding steroid dienone is 1. The summed E-state index contributed by atoms with van der Waals surface area (Å²) in [4.78, 5) is 2.46. The van der Waals surface area contributed by atoms with Crippen LogP contribution in [-0.2, 0) is 0 Å². The van der Waals surface area contributed by atoms with E-state index in [1.807, 2.05) is 0 Å². The highest BCUT2D eigenvalue weighted by Gasteiger charge is 2.10. The molecule has 0 radical (unpaired) electrons. The fourth-order valence-corrected chi connectivity index (χ4v) is 1.25. The summed E-state index contributed by atoms with van der Waals surface area (Å²) in [6.07, 6.45) is 4.32. The fraction of sp³-hybridized carbons (Fsp3) is 0.800. The van der Waals surface area contributed by atoms with Crippen LogP contribution in [0.1, 0.15) is 34.6 Å². The molecule has 0 heterocycles. The van der Waals surface area contributed by atoms with E-state index in [9.17, 15) is 0 Å². The Kier molecular flexibility index (Phi) is 5.22. The zero-order chi connectivity index (χ0) is 8.85. The molecule has 0 unspecified atom stereocenters. The highest BCUT2D eigenvalue weighted by molar-refractivity contribution is 4.83. The Labute approximate surface area is 71.1 Å². The lowest BCUT2D eigenvalue weighted by Crippen LogP contribution is -2.36. The molecule has 0 aliphatic heterocycles. The van der Waals surface area contributed by atoms with Gasteiger partial charge < -0.3 is 0 Å². The average molecular weight is 155 g/mol.